The molecule has 3 rings (SSSR count). The van der Waals surface area contributed by atoms with E-state index in [1.54, 1.807) is 6.92 Å². The van der Waals surface area contributed by atoms with Crippen LogP contribution < -0.4 is 4.48 Å². The van der Waals surface area contributed by atoms with Gasteiger partial charge in [0, 0.05) is 45.3 Å². The molecule has 2 fully saturated rings. The largest absolute Gasteiger partial charge is 0.472 e. The molecule has 0 aromatic heterocycles. The molecule has 2 aliphatic heterocycles. The monoisotopic (exact) mass is 652 g/mol. The van der Waals surface area contributed by atoms with Gasteiger partial charge in [-0.25, -0.2) is 4.57 Å². The molecule has 258 valence electrons. The van der Waals surface area contributed by atoms with E-state index in [9.17, 15) is 14.3 Å². The quantitative estimate of drug-likeness (QED) is 0.0487. The minimum absolute atomic E-state index is 0.108. The molecule has 9 heteroatoms. The van der Waals surface area contributed by atoms with Gasteiger partial charge in [0.25, 0.3) is 0 Å². The molecule has 0 spiro atoms. The maximum Gasteiger partial charge on any atom is 0.472 e. The Kier molecular flexibility index (Phi) is 17.7. The van der Waals surface area contributed by atoms with Gasteiger partial charge < -0.3 is 14.4 Å². The van der Waals surface area contributed by atoms with Crippen LogP contribution in [-0.2, 0) is 27.9 Å². The summed E-state index contributed by atoms with van der Waals surface area (Å²) in [5.41, 5.74) is 2.12. The Labute approximate surface area is 273 Å². The van der Waals surface area contributed by atoms with Crippen molar-refractivity contribution in [2.45, 2.75) is 155 Å². The van der Waals surface area contributed by atoms with E-state index in [-0.39, 0.29) is 13.2 Å². The minimum atomic E-state index is -4.40. The smallest absolute Gasteiger partial charge is 0.458 e. The standard InChI is InChI=1S/C36H62NO7P/c1-4-5-6-7-8-9-10-11-12-13-14-15-16-17-27-41-29-36(43-32(3)38)30-42-45(39,40)44-31(2)33-21-18-22-35(28-33)37-25-19-23-34(37)24-20-26-37/h18,21-22,28,31,34,36H,4-17,19-20,23-27,29-30H2,1-3H3/p+1. The number of phosphoric ester groups is 1. The highest BCUT2D eigenvalue weighted by Crippen LogP contribution is 2.49. The lowest BCUT2D eigenvalue weighted by Crippen LogP contribution is -2.48. The number of fused-ring (bicyclic) bond motifs is 1. The Morgan fingerprint density at radius 2 is 1.49 bits per heavy atom. The lowest BCUT2D eigenvalue weighted by molar-refractivity contribution is -0.151. The highest BCUT2D eigenvalue weighted by atomic mass is 31.2. The van der Waals surface area contributed by atoms with Gasteiger partial charge >= 0.3 is 13.8 Å². The van der Waals surface area contributed by atoms with Crippen LogP contribution in [0.4, 0.5) is 5.69 Å². The third-order valence-electron chi connectivity index (χ3n) is 9.74. The number of benzene rings is 1. The van der Waals surface area contributed by atoms with Crippen LogP contribution in [-0.4, -0.2) is 55.9 Å². The van der Waals surface area contributed by atoms with Gasteiger partial charge in [-0.3, -0.25) is 18.3 Å². The van der Waals surface area contributed by atoms with E-state index in [0.29, 0.717) is 12.6 Å². The number of ether oxygens (including phenoxy) is 2. The fourth-order valence-corrected chi connectivity index (χ4v) is 8.23. The number of carbonyl (C=O) groups excluding carboxylic acids is 1. The topological polar surface area (TPSA) is 91.3 Å². The molecule has 2 aliphatic rings. The van der Waals surface area contributed by atoms with Crippen molar-refractivity contribution in [3.63, 3.8) is 0 Å². The molecule has 3 unspecified atom stereocenters. The first-order chi connectivity index (χ1) is 21.8. The summed E-state index contributed by atoms with van der Waals surface area (Å²) in [4.78, 5) is 22.1. The summed E-state index contributed by atoms with van der Waals surface area (Å²) in [6.45, 7) is 8.03. The van der Waals surface area contributed by atoms with Crippen molar-refractivity contribution in [1.29, 1.82) is 0 Å². The summed E-state index contributed by atoms with van der Waals surface area (Å²) in [6, 6.07) is 8.93. The van der Waals surface area contributed by atoms with E-state index in [1.165, 1.54) is 115 Å². The Morgan fingerprint density at radius 1 is 0.911 bits per heavy atom. The second-order valence-corrected chi connectivity index (χ2v) is 14.8. The van der Waals surface area contributed by atoms with E-state index in [4.69, 9.17) is 18.5 Å². The minimum Gasteiger partial charge on any atom is -0.458 e. The van der Waals surface area contributed by atoms with Gasteiger partial charge in [0.1, 0.15) is 11.8 Å². The molecular weight excluding hydrogens is 589 g/mol. The predicted octanol–water partition coefficient (Wildman–Crippen LogP) is 9.57. The summed E-state index contributed by atoms with van der Waals surface area (Å²) in [7, 11) is -4.40. The Balaban J connectivity index is 1.29. The molecule has 2 heterocycles. The number of quaternary nitrogens is 1. The molecule has 0 amide bonds. The number of phosphoric acid groups is 1. The molecule has 2 saturated heterocycles. The zero-order valence-corrected chi connectivity index (χ0v) is 29.5. The normalized spacial score (nSPS) is 22.2. The van der Waals surface area contributed by atoms with Crippen LogP contribution in [0.15, 0.2) is 24.3 Å². The Hall–Kier alpha value is -1.28. The second kappa shape index (κ2) is 20.8. The molecule has 1 aromatic carbocycles. The summed E-state index contributed by atoms with van der Waals surface area (Å²) < 4.78 is 35.8. The van der Waals surface area contributed by atoms with Gasteiger partial charge in [-0.15, -0.1) is 0 Å². The van der Waals surface area contributed by atoms with Crippen LogP contribution in [0.2, 0.25) is 0 Å². The molecule has 3 atom stereocenters. The van der Waals surface area contributed by atoms with Crippen LogP contribution in [0.1, 0.15) is 148 Å². The molecule has 1 aromatic rings. The highest BCUT2D eigenvalue weighted by Gasteiger charge is 2.47. The number of unbranched alkanes of at least 4 members (excludes halogenated alkanes) is 13. The first-order valence-corrected chi connectivity index (χ1v) is 19.6. The zero-order chi connectivity index (χ0) is 32.4. The van der Waals surface area contributed by atoms with E-state index >= 15 is 0 Å². The van der Waals surface area contributed by atoms with Gasteiger partial charge in [0.2, 0.25) is 0 Å². The molecule has 1 N–H and O–H groups in total. The summed E-state index contributed by atoms with van der Waals surface area (Å²) in [5, 5.41) is 0. The van der Waals surface area contributed by atoms with Gasteiger partial charge in [-0.05, 0) is 25.0 Å². The maximum atomic E-state index is 12.9. The summed E-state index contributed by atoms with van der Waals surface area (Å²) in [6.07, 6.45) is 21.7. The average Bonchev–Trinajstić information content (AvgIpc) is 3.61. The molecule has 8 nitrogen and oxygen atoms in total. The second-order valence-electron chi connectivity index (χ2n) is 13.4. The lowest BCUT2D eigenvalue weighted by atomic mass is 10.0. The lowest BCUT2D eigenvalue weighted by Gasteiger charge is -2.34. The van der Waals surface area contributed by atoms with Crippen LogP contribution in [0.3, 0.4) is 0 Å². The first-order valence-electron chi connectivity index (χ1n) is 18.1. The third kappa shape index (κ3) is 13.8. The van der Waals surface area contributed by atoms with Gasteiger partial charge in [0.05, 0.1) is 38.4 Å². The Bertz CT molecular complexity index is 1010. The molecule has 0 aliphatic carbocycles. The van der Waals surface area contributed by atoms with Crippen molar-refractivity contribution in [3.8, 4) is 0 Å². The molecular formula is C36H63NO7P+. The summed E-state index contributed by atoms with van der Waals surface area (Å²) >= 11 is 0. The number of carbonyl (C=O) groups is 1. The summed E-state index contributed by atoms with van der Waals surface area (Å²) in [5.74, 6) is -0.489. The number of hydrogen-bond acceptors (Lipinski definition) is 6. The van der Waals surface area contributed by atoms with Crippen molar-refractivity contribution < 1.29 is 32.8 Å². The van der Waals surface area contributed by atoms with E-state index in [0.717, 1.165) is 36.0 Å². The van der Waals surface area contributed by atoms with Crippen molar-refractivity contribution in [3.05, 3.63) is 29.8 Å². The van der Waals surface area contributed by atoms with E-state index in [1.807, 2.05) is 12.1 Å². The van der Waals surface area contributed by atoms with Crippen LogP contribution in [0.25, 0.3) is 0 Å². The first kappa shape index (κ1) is 38.2. The van der Waals surface area contributed by atoms with E-state index < -0.39 is 26.0 Å². The average molecular weight is 653 g/mol. The predicted molar refractivity (Wildman–Crippen MR) is 182 cm³/mol. The fourth-order valence-electron chi connectivity index (χ4n) is 7.29. The SMILES string of the molecule is CCCCCCCCCCCCCCCCOCC(COP(=O)(O)OC(C)c1cccc([N+]23CCCC2CCC3)c1)OC(C)=O. The van der Waals surface area contributed by atoms with Crippen LogP contribution in [0.5, 0.6) is 0 Å². The van der Waals surface area contributed by atoms with Crippen molar-refractivity contribution in [1.82, 2.24) is 4.48 Å². The number of nitrogens with zero attached hydrogens (tertiary/aromatic N) is 1. The maximum absolute atomic E-state index is 12.9. The zero-order valence-electron chi connectivity index (χ0n) is 28.6. The van der Waals surface area contributed by atoms with Gasteiger partial charge in [-0.2, -0.15) is 0 Å². The number of rotatable bonds is 25. The third-order valence-corrected chi connectivity index (χ3v) is 10.8. The van der Waals surface area contributed by atoms with Crippen LogP contribution >= 0.6 is 7.82 Å². The number of esters is 1. The van der Waals surface area contributed by atoms with Gasteiger partial charge in [0.15, 0.2) is 0 Å². The molecule has 45 heavy (non-hydrogen) atoms. The van der Waals surface area contributed by atoms with Crippen molar-refractivity contribution in [2.24, 2.45) is 0 Å². The molecule has 0 saturated carbocycles. The highest BCUT2D eigenvalue weighted by molar-refractivity contribution is 7.47. The fraction of sp³-hybridized carbons (Fsp3) is 0.806. The van der Waals surface area contributed by atoms with Crippen molar-refractivity contribution >= 4 is 19.5 Å². The van der Waals surface area contributed by atoms with E-state index in [2.05, 4.69) is 19.1 Å². The van der Waals surface area contributed by atoms with Gasteiger partial charge in [-0.1, -0.05) is 103 Å². The van der Waals surface area contributed by atoms with Crippen molar-refractivity contribution in [2.75, 3.05) is 32.9 Å². The molecule has 0 bridgehead atoms. The van der Waals surface area contributed by atoms with Crippen LogP contribution in [0, 0.1) is 0 Å². The Morgan fingerprint density at radius 3 is 2.07 bits per heavy atom. The molecule has 0 radical (unpaired) electrons. The number of hydrogen-bond donors (Lipinski definition) is 1.